The van der Waals surface area contributed by atoms with Crippen molar-refractivity contribution in [3.63, 3.8) is 0 Å². The van der Waals surface area contributed by atoms with E-state index in [4.69, 9.17) is 0 Å². The predicted molar refractivity (Wildman–Crippen MR) is 89.0 cm³/mol. The average Bonchev–Trinajstić information content (AvgIpc) is 2.55. The molecule has 2 rings (SSSR count). The molecule has 0 aliphatic carbocycles. The molecule has 0 fully saturated rings. The Morgan fingerprint density at radius 3 is 1.95 bits per heavy atom. The molecule has 0 aliphatic rings. The fourth-order valence-corrected chi connectivity index (χ4v) is 2.54. The number of aryl methyl sites for hydroxylation is 3. The summed E-state index contributed by atoms with van der Waals surface area (Å²) in [4.78, 5) is 12.4. The number of hydrogen-bond donors (Lipinski definition) is 1. The van der Waals surface area contributed by atoms with E-state index < -0.39 is 0 Å². The Balaban J connectivity index is 2.36. The van der Waals surface area contributed by atoms with Crippen LogP contribution < -0.4 is 5.32 Å². The van der Waals surface area contributed by atoms with E-state index in [-0.39, 0.29) is 5.91 Å². The Kier molecular flexibility index (Phi) is 5.15. The molecule has 0 aromatic heterocycles. The zero-order valence-electron chi connectivity index (χ0n) is 13.1. The van der Waals surface area contributed by atoms with Crippen LogP contribution in [0.3, 0.4) is 0 Å². The van der Waals surface area contributed by atoms with Gasteiger partial charge in [0.05, 0.1) is 0 Å². The number of carbonyl (C=O) groups is 1. The van der Waals surface area contributed by atoms with Crippen molar-refractivity contribution in [2.75, 3.05) is 5.32 Å². The summed E-state index contributed by atoms with van der Waals surface area (Å²) in [7, 11) is 0. The lowest BCUT2D eigenvalue weighted by molar-refractivity contribution is 0.102. The van der Waals surface area contributed by atoms with Crippen molar-refractivity contribution in [1.82, 2.24) is 0 Å². The zero-order chi connectivity index (χ0) is 15.2. The molecule has 0 unspecified atom stereocenters. The molecule has 0 aliphatic heterocycles. The Morgan fingerprint density at radius 1 is 0.905 bits per heavy atom. The van der Waals surface area contributed by atoms with E-state index >= 15 is 0 Å². The van der Waals surface area contributed by atoms with Gasteiger partial charge in [0.25, 0.3) is 5.91 Å². The van der Waals surface area contributed by atoms with Gasteiger partial charge in [-0.25, -0.2) is 0 Å². The molecule has 2 nitrogen and oxygen atoms in total. The highest BCUT2D eigenvalue weighted by atomic mass is 16.1. The third-order valence-corrected chi connectivity index (χ3v) is 3.81. The molecule has 0 radical (unpaired) electrons. The molecule has 1 N–H and O–H groups in total. The molecular weight excluding hydrogens is 258 g/mol. The average molecular weight is 281 g/mol. The number of rotatable bonds is 5. The molecule has 2 aromatic rings. The molecule has 0 bridgehead atoms. The summed E-state index contributed by atoms with van der Waals surface area (Å²) in [6.07, 6.45) is 2.86. The Bertz CT molecular complexity index is 592. The summed E-state index contributed by atoms with van der Waals surface area (Å²) < 4.78 is 0. The summed E-state index contributed by atoms with van der Waals surface area (Å²) in [5.74, 6) is -0.0377. The first-order chi connectivity index (χ1) is 10.2. The fourth-order valence-electron chi connectivity index (χ4n) is 2.54. The van der Waals surface area contributed by atoms with Gasteiger partial charge in [-0.3, -0.25) is 4.79 Å². The normalized spacial score (nSPS) is 10.4. The summed E-state index contributed by atoms with van der Waals surface area (Å²) in [5, 5.41) is 3.11. The molecule has 2 aromatic carbocycles. The van der Waals surface area contributed by atoms with Gasteiger partial charge in [0.1, 0.15) is 0 Å². The number of hydrogen-bond acceptors (Lipinski definition) is 1. The van der Waals surface area contributed by atoms with Gasteiger partial charge in [-0.15, -0.1) is 0 Å². The Morgan fingerprint density at radius 2 is 1.48 bits per heavy atom. The standard InChI is InChI=1S/C19H23NO/c1-4-14-12-15(5-2)18(16(6-3)13-14)20-19(21)17-10-8-7-9-11-17/h7-13H,4-6H2,1-3H3,(H,20,21). The van der Waals surface area contributed by atoms with Crippen LogP contribution in [0.5, 0.6) is 0 Å². The first kappa shape index (κ1) is 15.3. The van der Waals surface area contributed by atoms with Gasteiger partial charge >= 0.3 is 0 Å². The van der Waals surface area contributed by atoms with Crippen molar-refractivity contribution >= 4 is 11.6 Å². The lowest BCUT2D eigenvalue weighted by atomic mass is 9.97. The number of amides is 1. The third-order valence-electron chi connectivity index (χ3n) is 3.81. The molecule has 0 atom stereocenters. The largest absolute Gasteiger partial charge is 0.321 e. The van der Waals surface area contributed by atoms with Crippen LogP contribution >= 0.6 is 0 Å². The smallest absolute Gasteiger partial charge is 0.255 e. The SMILES string of the molecule is CCc1cc(CC)c(NC(=O)c2ccccc2)c(CC)c1. The first-order valence-electron chi connectivity index (χ1n) is 7.70. The van der Waals surface area contributed by atoms with Gasteiger partial charge in [0.2, 0.25) is 0 Å². The second kappa shape index (κ2) is 7.07. The molecule has 0 spiro atoms. The topological polar surface area (TPSA) is 29.1 Å². The van der Waals surface area contributed by atoms with Gasteiger partial charge in [-0.05, 0) is 48.1 Å². The van der Waals surface area contributed by atoms with Gasteiger partial charge in [-0.1, -0.05) is 51.1 Å². The van der Waals surface area contributed by atoms with Crippen molar-refractivity contribution in [3.8, 4) is 0 Å². The monoisotopic (exact) mass is 281 g/mol. The van der Waals surface area contributed by atoms with Crippen LogP contribution in [0.4, 0.5) is 5.69 Å². The van der Waals surface area contributed by atoms with Crippen LogP contribution in [0.2, 0.25) is 0 Å². The highest BCUT2D eigenvalue weighted by Gasteiger charge is 2.12. The number of carbonyl (C=O) groups excluding carboxylic acids is 1. The highest BCUT2D eigenvalue weighted by Crippen LogP contribution is 2.26. The molecule has 110 valence electrons. The minimum absolute atomic E-state index is 0.0377. The van der Waals surface area contributed by atoms with Crippen LogP contribution in [0, 0.1) is 0 Å². The van der Waals surface area contributed by atoms with Crippen molar-refractivity contribution in [3.05, 3.63) is 64.7 Å². The number of anilines is 1. The van der Waals surface area contributed by atoms with Gasteiger partial charge in [0.15, 0.2) is 0 Å². The van der Waals surface area contributed by atoms with Crippen molar-refractivity contribution < 1.29 is 4.79 Å². The second-order valence-electron chi connectivity index (χ2n) is 5.17. The maximum atomic E-state index is 12.4. The Hall–Kier alpha value is -2.09. The quantitative estimate of drug-likeness (QED) is 0.851. The summed E-state index contributed by atoms with van der Waals surface area (Å²) >= 11 is 0. The minimum Gasteiger partial charge on any atom is -0.321 e. The molecule has 21 heavy (non-hydrogen) atoms. The van der Waals surface area contributed by atoms with Crippen LogP contribution in [0.15, 0.2) is 42.5 Å². The summed E-state index contributed by atoms with van der Waals surface area (Å²) in [6.45, 7) is 6.43. The van der Waals surface area contributed by atoms with Crippen LogP contribution in [-0.4, -0.2) is 5.91 Å². The predicted octanol–water partition coefficient (Wildman–Crippen LogP) is 4.63. The van der Waals surface area contributed by atoms with Crippen molar-refractivity contribution in [2.45, 2.75) is 40.0 Å². The third kappa shape index (κ3) is 3.52. The van der Waals surface area contributed by atoms with Gasteiger partial charge in [0, 0.05) is 11.3 Å². The lowest BCUT2D eigenvalue weighted by Crippen LogP contribution is -2.15. The molecular formula is C19H23NO. The maximum Gasteiger partial charge on any atom is 0.255 e. The first-order valence-corrected chi connectivity index (χ1v) is 7.70. The van der Waals surface area contributed by atoms with Gasteiger partial charge < -0.3 is 5.32 Å². The molecule has 0 saturated heterocycles. The van der Waals surface area contributed by atoms with E-state index in [9.17, 15) is 4.79 Å². The number of nitrogens with one attached hydrogen (secondary N) is 1. The van der Waals surface area contributed by atoms with Crippen LogP contribution in [0.1, 0.15) is 47.8 Å². The van der Waals surface area contributed by atoms with E-state index in [1.165, 1.54) is 16.7 Å². The summed E-state index contributed by atoms with van der Waals surface area (Å²) in [5.41, 5.74) is 5.46. The van der Waals surface area contributed by atoms with Crippen LogP contribution in [-0.2, 0) is 19.3 Å². The fraction of sp³-hybridized carbons (Fsp3) is 0.316. The molecule has 0 heterocycles. The van der Waals surface area contributed by atoms with E-state index in [2.05, 4.69) is 38.2 Å². The van der Waals surface area contributed by atoms with E-state index in [0.29, 0.717) is 5.56 Å². The molecule has 0 saturated carbocycles. The number of benzene rings is 2. The summed E-state index contributed by atoms with van der Waals surface area (Å²) in [6, 6.07) is 13.8. The van der Waals surface area contributed by atoms with Crippen molar-refractivity contribution in [2.24, 2.45) is 0 Å². The Labute approximate surface area is 127 Å². The van der Waals surface area contributed by atoms with Gasteiger partial charge in [-0.2, -0.15) is 0 Å². The van der Waals surface area contributed by atoms with E-state index in [1.807, 2.05) is 30.3 Å². The maximum absolute atomic E-state index is 12.4. The van der Waals surface area contributed by atoms with Crippen LogP contribution in [0.25, 0.3) is 0 Å². The van der Waals surface area contributed by atoms with E-state index in [1.54, 1.807) is 0 Å². The molecule has 1 amide bonds. The zero-order valence-corrected chi connectivity index (χ0v) is 13.1. The molecule has 2 heteroatoms. The lowest BCUT2D eigenvalue weighted by Gasteiger charge is -2.16. The highest BCUT2D eigenvalue weighted by molar-refractivity contribution is 6.05. The second-order valence-corrected chi connectivity index (χ2v) is 5.17. The van der Waals surface area contributed by atoms with Crippen molar-refractivity contribution in [1.29, 1.82) is 0 Å². The minimum atomic E-state index is -0.0377. The van der Waals surface area contributed by atoms with E-state index in [0.717, 1.165) is 24.9 Å².